The van der Waals surface area contributed by atoms with Crippen molar-refractivity contribution in [2.45, 2.75) is 31.7 Å². The van der Waals surface area contributed by atoms with Crippen LogP contribution in [0.2, 0.25) is 0 Å². The third-order valence-corrected chi connectivity index (χ3v) is 2.34. The highest BCUT2D eigenvalue weighted by Gasteiger charge is 2.20. The second kappa shape index (κ2) is 10.1. The number of methoxy groups -OCH3 is 1. The average Bonchev–Trinajstić information content (AvgIpc) is 2.33. The van der Waals surface area contributed by atoms with Gasteiger partial charge in [-0.05, 0) is 19.3 Å². The number of nitrogens with one attached hydrogen (secondary N) is 2. The van der Waals surface area contributed by atoms with Crippen LogP contribution >= 0.6 is 0 Å². The monoisotopic (exact) mass is 275 g/mol. The summed E-state index contributed by atoms with van der Waals surface area (Å²) in [6, 6.07) is -1.69. The van der Waals surface area contributed by atoms with Crippen LogP contribution in [0.15, 0.2) is 0 Å². The summed E-state index contributed by atoms with van der Waals surface area (Å²) < 4.78 is 4.85. The lowest BCUT2D eigenvalue weighted by Gasteiger charge is -2.14. The molecule has 0 aromatic rings. The van der Waals surface area contributed by atoms with Crippen LogP contribution in [0.1, 0.15) is 25.7 Å². The lowest BCUT2D eigenvalue weighted by atomic mass is 10.1. The third-order valence-electron chi connectivity index (χ3n) is 2.34. The van der Waals surface area contributed by atoms with Crippen molar-refractivity contribution in [1.29, 1.82) is 0 Å². The van der Waals surface area contributed by atoms with Gasteiger partial charge in [-0.15, -0.1) is 0 Å². The summed E-state index contributed by atoms with van der Waals surface area (Å²) >= 11 is 0. The maximum atomic E-state index is 11.4. The minimum atomic E-state index is -1.20. The Morgan fingerprint density at radius 3 is 2.53 bits per heavy atom. The molecule has 1 atom stereocenters. The van der Waals surface area contributed by atoms with Crippen LogP contribution in [0.4, 0.5) is 4.79 Å². The van der Waals surface area contributed by atoms with E-state index < -0.39 is 23.9 Å². The molecule has 0 aliphatic carbocycles. The largest absolute Gasteiger partial charge is 0.480 e. The smallest absolute Gasteiger partial charge is 0.326 e. The zero-order valence-corrected chi connectivity index (χ0v) is 11.0. The molecule has 0 aliphatic heterocycles. The van der Waals surface area contributed by atoms with Crippen molar-refractivity contribution in [3.05, 3.63) is 0 Å². The number of hydrogen-bond donors (Lipinski definition) is 4. The molecule has 110 valence electrons. The number of aliphatic carboxylic acids is 1. The van der Waals surface area contributed by atoms with Gasteiger partial charge in [0.05, 0.1) is 0 Å². The normalized spacial score (nSPS) is 11.6. The van der Waals surface area contributed by atoms with Crippen LogP contribution in [0.5, 0.6) is 0 Å². The van der Waals surface area contributed by atoms with Gasteiger partial charge in [-0.1, -0.05) is 0 Å². The van der Waals surface area contributed by atoms with Crippen LogP contribution in [0.25, 0.3) is 0 Å². The number of nitrogens with two attached hydrogens (primary N) is 1. The SMILES string of the molecule is COCCCCNC(=O)NC(CCC(N)=O)C(=O)O. The number of unbranched alkanes of at least 4 members (excludes halogenated alkanes) is 1. The van der Waals surface area contributed by atoms with Gasteiger partial charge in [-0.2, -0.15) is 0 Å². The topological polar surface area (TPSA) is 131 Å². The Balaban J connectivity index is 3.90. The van der Waals surface area contributed by atoms with Gasteiger partial charge in [-0.25, -0.2) is 9.59 Å². The number of urea groups is 1. The average molecular weight is 275 g/mol. The van der Waals surface area contributed by atoms with Crippen molar-refractivity contribution >= 4 is 17.9 Å². The van der Waals surface area contributed by atoms with Gasteiger partial charge in [0.1, 0.15) is 6.04 Å². The van der Waals surface area contributed by atoms with Gasteiger partial charge < -0.3 is 26.2 Å². The number of carboxylic acids is 1. The maximum Gasteiger partial charge on any atom is 0.326 e. The molecule has 0 radical (unpaired) electrons. The molecule has 0 aromatic heterocycles. The summed E-state index contributed by atoms with van der Waals surface area (Å²) in [5, 5.41) is 13.7. The van der Waals surface area contributed by atoms with E-state index in [9.17, 15) is 14.4 Å². The van der Waals surface area contributed by atoms with Crippen molar-refractivity contribution in [2.75, 3.05) is 20.3 Å². The Morgan fingerprint density at radius 2 is 2.00 bits per heavy atom. The minimum absolute atomic E-state index is 0.0260. The molecule has 1 unspecified atom stereocenters. The molecule has 0 spiro atoms. The molecular formula is C11H21N3O5. The van der Waals surface area contributed by atoms with Crippen molar-refractivity contribution in [3.8, 4) is 0 Å². The van der Waals surface area contributed by atoms with E-state index in [4.69, 9.17) is 15.6 Å². The molecule has 0 rings (SSSR count). The Morgan fingerprint density at radius 1 is 1.32 bits per heavy atom. The first kappa shape index (κ1) is 17.2. The first-order valence-electron chi connectivity index (χ1n) is 6.01. The van der Waals surface area contributed by atoms with Crippen molar-refractivity contribution in [1.82, 2.24) is 10.6 Å². The van der Waals surface area contributed by atoms with E-state index in [1.807, 2.05) is 0 Å². The summed E-state index contributed by atoms with van der Waals surface area (Å²) in [4.78, 5) is 32.8. The number of rotatable bonds is 10. The van der Waals surface area contributed by atoms with Gasteiger partial charge in [0.2, 0.25) is 5.91 Å². The van der Waals surface area contributed by atoms with Gasteiger partial charge in [0, 0.05) is 26.7 Å². The Kier molecular flexibility index (Phi) is 9.15. The van der Waals surface area contributed by atoms with Crippen LogP contribution in [0, 0.1) is 0 Å². The first-order valence-corrected chi connectivity index (χ1v) is 6.01. The third kappa shape index (κ3) is 9.83. The fraction of sp³-hybridized carbons (Fsp3) is 0.727. The molecule has 8 heteroatoms. The number of carbonyl (C=O) groups excluding carboxylic acids is 2. The highest BCUT2D eigenvalue weighted by atomic mass is 16.5. The van der Waals surface area contributed by atoms with Crippen LogP contribution in [-0.4, -0.2) is 49.3 Å². The van der Waals surface area contributed by atoms with Crippen molar-refractivity contribution < 1.29 is 24.2 Å². The molecule has 0 heterocycles. The molecule has 5 N–H and O–H groups in total. The number of carboxylic acid groups (broad SMARTS) is 1. The molecule has 3 amide bonds. The number of primary amides is 1. The number of hydrogen-bond acceptors (Lipinski definition) is 4. The lowest BCUT2D eigenvalue weighted by Crippen LogP contribution is -2.46. The zero-order valence-electron chi connectivity index (χ0n) is 11.0. The standard InChI is InChI=1S/C11H21N3O5/c1-19-7-3-2-6-13-11(18)14-8(10(16)17)4-5-9(12)15/h8H,2-7H2,1H3,(H2,12,15)(H,16,17)(H2,13,14,18). The van der Waals surface area contributed by atoms with Gasteiger partial charge in [0.25, 0.3) is 0 Å². The number of amides is 3. The number of ether oxygens (including phenoxy) is 1. The van der Waals surface area contributed by atoms with E-state index in [-0.39, 0.29) is 12.8 Å². The quantitative estimate of drug-likeness (QED) is 0.397. The molecule has 0 saturated heterocycles. The summed E-state index contributed by atoms with van der Waals surface area (Å²) in [7, 11) is 1.59. The van der Waals surface area contributed by atoms with Gasteiger partial charge in [0.15, 0.2) is 0 Å². The zero-order chi connectivity index (χ0) is 14.7. The Labute approximate surface area is 111 Å². The fourth-order valence-corrected chi connectivity index (χ4v) is 1.33. The summed E-state index contributed by atoms with van der Waals surface area (Å²) in [5.74, 6) is -1.80. The van der Waals surface area contributed by atoms with E-state index in [0.717, 1.165) is 12.8 Å². The predicted molar refractivity (Wildman–Crippen MR) is 67.5 cm³/mol. The molecule has 0 fully saturated rings. The first-order chi connectivity index (χ1) is 8.97. The highest BCUT2D eigenvalue weighted by Crippen LogP contribution is 1.97. The maximum absolute atomic E-state index is 11.4. The van der Waals surface area contributed by atoms with Crippen molar-refractivity contribution in [2.24, 2.45) is 5.73 Å². The van der Waals surface area contributed by atoms with Gasteiger partial charge in [-0.3, -0.25) is 4.79 Å². The molecular weight excluding hydrogens is 254 g/mol. The van der Waals surface area contributed by atoms with Crippen LogP contribution < -0.4 is 16.4 Å². The van der Waals surface area contributed by atoms with E-state index in [0.29, 0.717) is 13.2 Å². The summed E-state index contributed by atoms with van der Waals surface area (Å²) in [5.41, 5.74) is 4.93. The molecule has 0 aliphatic rings. The van der Waals surface area contributed by atoms with Crippen LogP contribution in [0.3, 0.4) is 0 Å². The van der Waals surface area contributed by atoms with E-state index in [1.54, 1.807) is 7.11 Å². The highest BCUT2D eigenvalue weighted by molar-refractivity contribution is 5.83. The molecule has 0 aromatic carbocycles. The molecule has 0 saturated carbocycles. The predicted octanol–water partition coefficient (Wildman–Crippen LogP) is -0.569. The van der Waals surface area contributed by atoms with Gasteiger partial charge >= 0.3 is 12.0 Å². The Bertz CT molecular complexity index is 309. The molecule has 19 heavy (non-hydrogen) atoms. The van der Waals surface area contributed by atoms with E-state index in [1.165, 1.54) is 0 Å². The molecule has 0 bridgehead atoms. The fourth-order valence-electron chi connectivity index (χ4n) is 1.33. The second-order valence-corrected chi connectivity index (χ2v) is 4.00. The molecule has 8 nitrogen and oxygen atoms in total. The van der Waals surface area contributed by atoms with Crippen LogP contribution in [-0.2, 0) is 14.3 Å². The summed E-state index contributed by atoms with van der Waals surface area (Å²) in [6.07, 6.45) is 1.42. The van der Waals surface area contributed by atoms with E-state index in [2.05, 4.69) is 10.6 Å². The second-order valence-electron chi connectivity index (χ2n) is 4.00. The summed E-state index contributed by atoms with van der Waals surface area (Å²) in [6.45, 7) is 1.04. The van der Waals surface area contributed by atoms with Crippen molar-refractivity contribution in [3.63, 3.8) is 0 Å². The number of carbonyl (C=O) groups is 3. The minimum Gasteiger partial charge on any atom is -0.480 e. The lowest BCUT2D eigenvalue weighted by molar-refractivity contribution is -0.139. The Hall–Kier alpha value is -1.83. The van der Waals surface area contributed by atoms with E-state index >= 15 is 0 Å².